The van der Waals surface area contributed by atoms with Gasteiger partial charge in [-0.2, -0.15) is 5.10 Å². The van der Waals surface area contributed by atoms with Gasteiger partial charge in [-0.1, -0.05) is 24.3 Å². The number of fused-ring (bicyclic) bond motifs is 6. The molecule has 0 bridgehead atoms. The molecule has 0 fully saturated rings. The Morgan fingerprint density at radius 2 is 1.78 bits per heavy atom. The van der Waals surface area contributed by atoms with Crippen molar-refractivity contribution in [1.29, 1.82) is 0 Å². The van der Waals surface area contributed by atoms with Crippen molar-refractivity contribution in [3.63, 3.8) is 0 Å². The minimum absolute atomic E-state index is 0.0440. The zero-order valence-electron chi connectivity index (χ0n) is 25.2. The smallest absolute Gasteiger partial charge is 0.161 e. The molecule has 2 aliphatic heterocycles. The first kappa shape index (κ1) is 27.5. The molecule has 2 aliphatic rings. The van der Waals surface area contributed by atoms with Crippen molar-refractivity contribution in [2.75, 3.05) is 20.8 Å². The van der Waals surface area contributed by atoms with Gasteiger partial charge in [0.05, 0.1) is 25.9 Å². The van der Waals surface area contributed by atoms with Crippen molar-refractivity contribution in [3.05, 3.63) is 137 Å². The normalized spacial score (nSPS) is 17.4. The molecule has 2 aromatic heterocycles. The number of nitrogens with zero attached hydrogens (tertiary/aromatic N) is 3. The highest BCUT2D eigenvalue weighted by Gasteiger charge is 2.41. The summed E-state index contributed by atoms with van der Waals surface area (Å²) < 4.78 is 33.7. The van der Waals surface area contributed by atoms with E-state index in [9.17, 15) is 4.39 Å². The number of ether oxygens (including phenoxy) is 3. The van der Waals surface area contributed by atoms with Crippen LogP contribution in [0.2, 0.25) is 0 Å². The zero-order chi connectivity index (χ0) is 30.5. The lowest BCUT2D eigenvalue weighted by Gasteiger charge is -2.46. The zero-order valence-corrected chi connectivity index (χ0v) is 25.2. The third-order valence-corrected chi connectivity index (χ3v) is 9.26. The van der Waals surface area contributed by atoms with Gasteiger partial charge in [0.1, 0.15) is 18.2 Å². The van der Waals surface area contributed by atoms with Gasteiger partial charge < -0.3 is 19.2 Å². The fourth-order valence-corrected chi connectivity index (χ4v) is 7.05. The van der Waals surface area contributed by atoms with Crippen LogP contribution < -0.4 is 14.2 Å². The summed E-state index contributed by atoms with van der Waals surface area (Å²) in [6, 6.07) is 27.6. The molecule has 7 nitrogen and oxygen atoms in total. The summed E-state index contributed by atoms with van der Waals surface area (Å²) in [5.41, 5.74) is 9.14. The summed E-state index contributed by atoms with van der Waals surface area (Å²) in [6.07, 6.45) is 5.39. The van der Waals surface area contributed by atoms with Crippen molar-refractivity contribution in [2.24, 2.45) is 0 Å². The van der Waals surface area contributed by atoms with Gasteiger partial charge in [0.15, 0.2) is 11.5 Å². The fourth-order valence-electron chi connectivity index (χ4n) is 7.05. The third-order valence-electron chi connectivity index (χ3n) is 9.26. The number of H-pyrrole nitrogens is 1. The molecular weight excluding hydrogens is 567 g/mol. The van der Waals surface area contributed by atoms with E-state index in [1.165, 1.54) is 16.7 Å². The van der Waals surface area contributed by atoms with Gasteiger partial charge in [-0.05, 0) is 101 Å². The molecule has 0 aliphatic carbocycles. The first-order valence-corrected chi connectivity index (χ1v) is 15.2. The van der Waals surface area contributed by atoms with Gasteiger partial charge in [0.2, 0.25) is 0 Å². The topological polar surface area (TPSA) is 64.5 Å². The fraction of sp³-hybridized carbons (Fsp3) is 0.216. The molecule has 45 heavy (non-hydrogen) atoms. The summed E-state index contributed by atoms with van der Waals surface area (Å²) in [5.74, 6) is 2.05. The molecule has 0 saturated carbocycles. The van der Waals surface area contributed by atoms with Gasteiger partial charge in [0, 0.05) is 41.6 Å². The molecule has 4 heterocycles. The number of methoxy groups -OCH3 is 2. The Hall–Kier alpha value is -5.08. The number of nitrogens with one attached hydrogen (secondary N) is 1. The van der Waals surface area contributed by atoms with Crippen LogP contribution in [0.15, 0.2) is 97.3 Å². The number of benzene rings is 4. The highest BCUT2D eigenvalue weighted by atomic mass is 19.1. The Kier molecular flexibility index (Phi) is 6.79. The summed E-state index contributed by atoms with van der Waals surface area (Å²) in [5, 5.41) is 5.46. The van der Waals surface area contributed by atoms with Crippen LogP contribution in [0.4, 0.5) is 4.39 Å². The minimum atomic E-state index is -0.233. The molecule has 8 heteroatoms. The summed E-state index contributed by atoms with van der Waals surface area (Å²) in [4.78, 5) is 6.27. The van der Waals surface area contributed by atoms with Crippen molar-refractivity contribution in [3.8, 4) is 22.9 Å². The Balaban J connectivity index is 1.14. The first-order valence-electron chi connectivity index (χ1n) is 15.2. The van der Waals surface area contributed by atoms with Crippen LogP contribution in [0.1, 0.15) is 45.6 Å². The van der Waals surface area contributed by atoms with E-state index in [0.29, 0.717) is 12.4 Å². The molecule has 2 unspecified atom stereocenters. The van der Waals surface area contributed by atoms with E-state index >= 15 is 0 Å². The average molecular weight is 601 g/mol. The number of hydrogen-bond acceptors (Lipinski definition) is 5. The lowest BCUT2D eigenvalue weighted by molar-refractivity contribution is 0.127. The molecule has 0 amide bonds. The van der Waals surface area contributed by atoms with Crippen LogP contribution in [-0.2, 0) is 19.4 Å². The Morgan fingerprint density at radius 1 is 0.933 bits per heavy atom. The van der Waals surface area contributed by atoms with Crippen LogP contribution in [0, 0.1) is 5.82 Å². The van der Waals surface area contributed by atoms with Crippen LogP contribution in [0.25, 0.3) is 16.6 Å². The minimum Gasteiger partial charge on any atom is -0.497 e. The number of halogens is 1. The molecule has 0 saturated heterocycles. The van der Waals surface area contributed by atoms with Crippen LogP contribution in [0.3, 0.4) is 0 Å². The lowest BCUT2D eigenvalue weighted by atomic mass is 9.80. The summed E-state index contributed by atoms with van der Waals surface area (Å²) in [6.45, 7) is 1.29. The molecule has 4 aromatic carbocycles. The summed E-state index contributed by atoms with van der Waals surface area (Å²) in [7, 11) is 3.39. The average Bonchev–Trinajstić information content (AvgIpc) is 3.75. The maximum atomic E-state index is 14.0. The Bertz CT molecular complexity index is 1980. The lowest BCUT2D eigenvalue weighted by Crippen LogP contribution is -2.43. The standard InChI is InChI=1S/C37H33FN4O3/c1-43-28-12-13-32-30(19-28)31-20-33-29-21-34(44-2)35(45-22-23-4-10-27(11-5-23)42-16-3-15-39-42)18-25(29)14-17-41(33)37(36(31)40-32)24-6-8-26(38)9-7-24/h3-13,15-16,18-19,21,33,37,40H,14,17,20,22H2,1-2H3. The van der Waals surface area contributed by atoms with E-state index in [1.54, 1.807) is 32.5 Å². The Labute approximate surface area is 260 Å². The number of aromatic nitrogens is 3. The van der Waals surface area contributed by atoms with Gasteiger partial charge in [-0.15, -0.1) is 0 Å². The molecule has 0 radical (unpaired) electrons. The monoisotopic (exact) mass is 600 g/mol. The van der Waals surface area contributed by atoms with Gasteiger partial charge in [-0.3, -0.25) is 4.90 Å². The first-order chi connectivity index (χ1) is 22.1. The molecule has 226 valence electrons. The molecule has 1 N–H and O–H groups in total. The van der Waals surface area contributed by atoms with E-state index in [2.05, 4.69) is 51.4 Å². The predicted octanol–water partition coefficient (Wildman–Crippen LogP) is 7.33. The maximum Gasteiger partial charge on any atom is 0.161 e. The van der Waals surface area contributed by atoms with E-state index in [0.717, 1.165) is 64.3 Å². The largest absolute Gasteiger partial charge is 0.497 e. The third kappa shape index (κ3) is 4.82. The maximum absolute atomic E-state index is 14.0. The quantitative estimate of drug-likeness (QED) is 0.208. The second-order valence-corrected chi connectivity index (χ2v) is 11.7. The molecule has 2 atom stereocenters. The molecular formula is C37H33FN4O3. The number of rotatable bonds is 7. The van der Waals surface area contributed by atoms with Crippen molar-refractivity contribution in [1.82, 2.24) is 19.7 Å². The molecule has 6 aromatic rings. The molecule has 0 spiro atoms. The number of hydrogen-bond donors (Lipinski definition) is 1. The SMILES string of the molecule is COc1ccc2[nH]c3c(c2c1)CC1c2cc(OC)c(OCc4ccc(-n5cccn5)cc4)cc2CCN1C3c1ccc(F)cc1. The van der Waals surface area contributed by atoms with E-state index in [1.807, 2.05) is 47.3 Å². The molecule has 8 rings (SSSR count). The van der Waals surface area contributed by atoms with E-state index in [4.69, 9.17) is 14.2 Å². The van der Waals surface area contributed by atoms with E-state index < -0.39 is 0 Å². The van der Waals surface area contributed by atoms with Crippen molar-refractivity contribution < 1.29 is 18.6 Å². The van der Waals surface area contributed by atoms with E-state index in [-0.39, 0.29) is 17.9 Å². The highest BCUT2D eigenvalue weighted by Crippen LogP contribution is 2.50. The number of aromatic amines is 1. The van der Waals surface area contributed by atoms with Crippen LogP contribution in [0.5, 0.6) is 17.2 Å². The van der Waals surface area contributed by atoms with Gasteiger partial charge in [-0.25, -0.2) is 9.07 Å². The van der Waals surface area contributed by atoms with Gasteiger partial charge >= 0.3 is 0 Å². The summed E-state index contributed by atoms with van der Waals surface area (Å²) >= 11 is 0. The second kappa shape index (κ2) is 11.1. The van der Waals surface area contributed by atoms with Crippen molar-refractivity contribution >= 4 is 10.9 Å². The Morgan fingerprint density at radius 3 is 2.53 bits per heavy atom. The van der Waals surface area contributed by atoms with Crippen LogP contribution in [-0.4, -0.2) is 40.4 Å². The van der Waals surface area contributed by atoms with Gasteiger partial charge in [0.25, 0.3) is 0 Å². The second-order valence-electron chi connectivity index (χ2n) is 11.7. The van der Waals surface area contributed by atoms with Crippen LogP contribution >= 0.6 is 0 Å². The highest BCUT2D eigenvalue weighted by molar-refractivity contribution is 5.87. The predicted molar refractivity (Wildman–Crippen MR) is 171 cm³/mol. The van der Waals surface area contributed by atoms with Crippen molar-refractivity contribution in [2.45, 2.75) is 31.5 Å².